The second-order valence-electron chi connectivity index (χ2n) is 3.73. The van der Waals surface area contributed by atoms with E-state index in [9.17, 15) is 4.39 Å². The Morgan fingerprint density at radius 1 is 1.53 bits per heavy atom. The van der Waals surface area contributed by atoms with E-state index in [1.54, 1.807) is 18.2 Å². The van der Waals surface area contributed by atoms with E-state index in [1.807, 2.05) is 6.92 Å². The lowest BCUT2D eigenvalue weighted by Crippen LogP contribution is -2.06. The van der Waals surface area contributed by atoms with Crippen molar-refractivity contribution in [2.24, 2.45) is 5.73 Å². The number of hydrogen-bond acceptors (Lipinski definition) is 3. The van der Waals surface area contributed by atoms with E-state index in [0.29, 0.717) is 16.5 Å². The average molecular weight is 255 g/mol. The van der Waals surface area contributed by atoms with Crippen LogP contribution in [0.25, 0.3) is 11.3 Å². The van der Waals surface area contributed by atoms with Crippen LogP contribution in [0.3, 0.4) is 0 Å². The molecule has 90 valence electrons. The Kier molecular flexibility index (Phi) is 3.45. The number of halogens is 2. The van der Waals surface area contributed by atoms with E-state index >= 15 is 0 Å². The molecule has 1 aromatic heterocycles. The van der Waals surface area contributed by atoms with Gasteiger partial charge in [-0.25, -0.2) is 4.39 Å². The molecule has 1 atom stereocenters. The Bertz CT molecular complexity index is 507. The third-order valence-corrected chi connectivity index (χ3v) is 2.87. The molecule has 0 saturated carbocycles. The lowest BCUT2D eigenvalue weighted by molar-refractivity contribution is 0.360. The molecule has 3 nitrogen and oxygen atoms in total. The molecule has 1 unspecified atom stereocenters. The summed E-state index contributed by atoms with van der Waals surface area (Å²) in [5, 5.41) is 4.10. The molecule has 17 heavy (non-hydrogen) atoms. The maximum atomic E-state index is 13.6. The minimum atomic E-state index is -0.428. The van der Waals surface area contributed by atoms with Crippen LogP contribution in [0.5, 0.6) is 0 Å². The first-order valence-electron chi connectivity index (χ1n) is 5.30. The fraction of sp³-hybridized carbons (Fsp3) is 0.250. The van der Waals surface area contributed by atoms with Gasteiger partial charge in [-0.15, -0.1) is 0 Å². The Morgan fingerprint density at radius 3 is 2.94 bits per heavy atom. The summed E-state index contributed by atoms with van der Waals surface area (Å²) in [6.07, 6.45) is 0.722. The molecule has 0 saturated heterocycles. The minimum absolute atomic E-state index is 0.234. The lowest BCUT2D eigenvalue weighted by atomic mass is 10.1. The van der Waals surface area contributed by atoms with Gasteiger partial charge in [-0.05, 0) is 18.6 Å². The molecule has 5 heteroatoms. The van der Waals surface area contributed by atoms with Gasteiger partial charge in [0.2, 0.25) is 0 Å². The summed E-state index contributed by atoms with van der Waals surface area (Å²) < 4.78 is 18.7. The highest BCUT2D eigenvalue weighted by molar-refractivity contribution is 6.33. The summed E-state index contributed by atoms with van der Waals surface area (Å²) in [4.78, 5) is 0. The summed E-state index contributed by atoms with van der Waals surface area (Å²) in [5.74, 6) is 0.101. The molecule has 0 radical (unpaired) electrons. The van der Waals surface area contributed by atoms with E-state index in [4.69, 9.17) is 21.9 Å². The zero-order chi connectivity index (χ0) is 12.4. The number of nitrogens with zero attached hydrogens (tertiary/aromatic N) is 1. The van der Waals surface area contributed by atoms with Gasteiger partial charge in [0.15, 0.2) is 5.76 Å². The molecular weight excluding hydrogens is 243 g/mol. The molecule has 0 aliphatic heterocycles. The molecule has 1 aromatic carbocycles. The van der Waals surface area contributed by atoms with Gasteiger partial charge in [-0.2, -0.15) is 0 Å². The van der Waals surface area contributed by atoms with Crippen LogP contribution in [0.2, 0.25) is 5.02 Å². The highest BCUT2D eigenvalue weighted by atomic mass is 35.5. The number of rotatable bonds is 3. The summed E-state index contributed by atoms with van der Waals surface area (Å²) in [6.45, 7) is 1.93. The second-order valence-corrected chi connectivity index (χ2v) is 4.13. The van der Waals surface area contributed by atoms with Crippen molar-refractivity contribution < 1.29 is 8.91 Å². The molecule has 2 N–H and O–H groups in total. The Balaban J connectivity index is 2.44. The number of aromatic nitrogens is 1. The molecular formula is C12H12ClFN2O. The van der Waals surface area contributed by atoms with Crippen molar-refractivity contribution in [2.45, 2.75) is 19.4 Å². The molecule has 0 fully saturated rings. The van der Waals surface area contributed by atoms with Crippen LogP contribution < -0.4 is 5.73 Å². The second kappa shape index (κ2) is 4.85. The van der Waals surface area contributed by atoms with Crippen molar-refractivity contribution in [2.75, 3.05) is 0 Å². The fourth-order valence-electron chi connectivity index (χ4n) is 1.53. The average Bonchev–Trinajstić information content (AvgIpc) is 2.77. The van der Waals surface area contributed by atoms with Gasteiger partial charge < -0.3 is 10.3 Å². The monoisotopic (exact) mass is 254 g/mol. The summed E-state index contributed by atoms with van der Waals surface area (Å²) in [5.41, 5.74) is 6.41. The first kappa shape index (κ1) is 12.1. The number of hydrogen-bond donors (Lipinski definition) is 1. The van der Waals surface area contributed by atoms with Crippen LogP contribution in [0, 0.1) is 5.82 Å². The van der Waals surface area contributed by atoms with Gasteiger partial charge >= 0.3 is 0 Å². The van der Waals surface area contributed by atoms with Gasteiger partial charge in [-0.1, -0.05) is 29.7 Å². The summed E-state index contributed by atoms with van der Waals surface area (Å²) >= 11 is 5.93. The largest absolute Gasteiger partial charge is 0.359 e. The molecule has 0 aliphatic carbocycles. The standard InChI is InChI=1S/C12H12ClFN2O/c1-2-9(15)11-6-10(16-17-11)12-7(13)4-3-5-8(12)14/h3-6,9H,2,15H2,1H3. The first-order chi connectivity index (χ1) is 8.13. The molecule has 0 amide bonds. The topological polar surface area (TPSA) is 52.0 Å². The van der Waals surface area contributed by atoms with Crippen molar-refractivity contribution in [1.29, 1.82) is 0 Å². The van der Waals surface area contributed by atoms with E-state index in [-0.39, 0.29) is 11.6 Å². The molecule has 0 bridgehead atoms. The maximum absolute atomic E-state index is 13.6. The normalized spacial score (nSPS) is 12.7. The fourth-order valence-corrected chi connectivity index (χ4v) is 1.79. The van der Waals surface area contributed by atoms with Gasteiger partial charge in [0, 0.05) is 6.07 Å². The van der Waals surface area contributed by atoms with Crippen LogP contribution in [0.4, 0.5) is 4.39 Å². The van der Waals surface area contributed by atoms with Crippen molar-refractivity contribution in [3.05, 3.63) is 40.9 Å². The van der Waals surface area contributed by atoms with Crippen molar-refractivity contribution in [3.8, 4) is 11.3 Å². The quantitative estimate of drug-likeness (QED) is 0.911. The van der Waals surface area contributed by atoms with Crippen molar-refractivity contribution in [3.63, 3.8) is 0 Å². The van der Waals surface area contributed by atoms with Gasteiger partial charge in [0.05, 0.1) is 16.6 Å². The molecule has 0 aliphatic rings. The van der Waals surface area contributed by atoms with E-state index in [1.165, 1.54) is 6.07 Å². The zero-order valence-electron chi connectivity index (χ0n) is 9.28. The third kappa shape index (κ3) is 2.33. The molecule has 2 rings (SSSR count). The summed E-state index contributed by atoms with van der Waals surface area (Å²) in [6, 6.07) is 5.86. The van der Waals surface area contributed by atoms with Crippen molar-refractivity contribution in [1.82, 2.24) is 5.16 Å². The van der Waals surface area contributed by atoms with Gasteiger partial charge in [-0.3, -0.25) is 0 Å². The lowest BCUT2D eigenvalue weighted by Gasteiger charge is -2.01. The number of nitrogens with two attached hydrogens (primary N) is 1. The van der Waals surface area contributed by atoms with E-state index < -0.39 is 5.82 Å². The van der Waals surface area contributed by atoms with Crippen LogP contribution in [0.15, 0.2) is 28.8 Å². The van der Waals surface area contributed by atoms with Crippen LogP contribution in [-0.2, 0) is 0 Å². The van der Waals surface area contributed by atoms with Gasteiger partial charge in [0.25, 0.3) is 0 Å². The Morgan fingerprint density at radius 2 is 2.29 bits per heavy atom. The Labute approximate surface area is 103 Å². The molecule has 0 spiro atoms. The first-order valence-corrected chi connectivity index (χ1v) is 5.67. The molecule has 1 heterocycles. The predicted molar refractivity (Wildman–Crippen MR) is 64.1 cm³/mol. The number of benzene rings is 1. The highest BCUT2D eigenvalue weighted by Gasteiger charge is 2.16. The third-order valence-electron chi connectivity index (χ3n) is 2.55. The van der Waals surface area contributed by atoms with Crippen LogP contribution >= 0.6 is 11.6 Å². The maximum Gasteiger partial charge on any atom is 0.154 e. The minimum Gasteiger partial charge on any atom is -0.359 e. The molecule has 2 aromatic rings. The highest BCUT2D eigenvalue weighted by Crippen LogP contribution is 2.31. The van der Waals surface area contributed by atoms with Crippen molar-refractivity contribution >= 4 is 11.6 Å². The Hall–Kier alpha value is -1.39. The smallest absolute Gasteiger partial charge is 0.154 e. The van der Waals surface area contributed by atoms with E-state index in [2.05, 4.69) is 5.16 Å². The van der Waals surface area contributed by atoms with Gasteiger partial charge in [0.1, 0.15) is 11.5 Å². The summed E-state index contributed by atoms with van der Waals surface area (Å²) in [7, 11) is 0. The van der Waals surface area contributed by atoms with Crippen LogP contribution in [-0.4, -0.2) is 5.16 Å². The SMILES string of the molecule is CCC(N)c1cc(-c2c(F)cccc2Cl)no1. The zero-order valence-corrected chi connectivity index (χ0v) is 10.0. The predicted octanol–water partition coefficient (Wildman–Crippen LogP) is 3.54. The van der Waals surface area contributed by atoms with Crippen LogP contribution in [0.1, 0.15) is 25.1 Å². The van der Waals surface area contributed by atoms with E-state index in [0.717, 1.165) is 6.42 Å².